The minimum absolute atomic E-state index is 0.161. The van der Waals surface area contributed by atoms with Crippen molar-refractivity contribution in [2.75, 3.05) is 25.2 Å². The number of hydrogen-bond donors (Lipinski definition) is 0. The van der Waals surface area contributed by atoms with Gasteiger partial charge in [0.15, 0.2) is 0 Å². The van der Waals surface area contributed by atoms with Gasteiger partial charge < -0.3 is 14.4 Å². The Kier molecular flexibility index (Phi) is 2.97. The predicted octanol–water partition coefficient (Wildman–Crippen LogP) is 2.23. The van der Waals surface area contributed by atoms with Crippen molar-refractivity contribution in [3.63, 3.8) is 0 Å². The van der Waals surface area contributed by atoms with Crippen LogP contribution in [0, 0.1) is 5.41 Å². The summed E-state index contributed by atoms with van der Waals surface area (Å²) in [6, 6.07) is 7.98. The lowest BCUT2D eigenvalue weighted by atomic mass is 9.70. The summed E-state index contributed by atoms with van der Waals surface area (Å²) in [6.45, 7) is 3.72. The molecule has 3 rings (SSSR count). The Bertz CT molecular complexity index is 473. The maximum Gasteiger partial charge on any atom is 0.229 e. The van der Waals surface area contributed by atoms with Crippen molar-refractivity contribution in [1.82, 2.24) is 0 Å². The molecule has 102 valence electrons. The first kappa shape index (κ1) is 12.5. The third-order valence-electron chi connectivity index (χ3n) is 4.49. The van der Waals surface area contributed by atoms with Crippen molar-refractivity contribution in [2.45, 2.75) is 25.8 Å². The SMILES string of the molecule is CCC1([C@H]2CC(=O)N2c2ccc(OC)cc2)COC1. The van der Waals surface area contributed by atoms with Crippen molar-refractivity contribution in [2.24, 2.45) is 5.41 Å². The Morgan fingerprint density at radius 3 is 2.47 bits per heavy atom. The summed E-state index contributed by atoms with van der Waals surface area (Å²) >= 11 is 0. The van der Waals surface area contributed by atoms with Crippen LogP contribution in [0.3, 0.4) is 0 Å². The molecule has 1 amide bonds. The molecule has 0 N–H and O–H groups in total. The van der Waals surface area contributed by atoms with Crippen LogP contribution in [0.25, 0.3) is 0 Å². The molecule has 2 fully saturated rings. The molecule has 1 aromatic rings. The molecule has 0 aromatic heterocycles. The molecule has 0 saturated carbocycles. The molecule has 2 heterocycles. The second kappa shape index (κ2) is 4.53. The number of β-lactam (4-membered cyclic amide) rings is 1. The van der Waals surface area contributed by atoms with Crippen molar-refractivity contribution < 1.29 is 14.3 Å². The standard InChI is InChI=1S/C15H19NO3/c1-3-15(9-19-10-15)13-8-14(17)16(13)11-4-6-12(18-2)7-5-11/h4-7,13H,3,8-10H2,1-2H3/t13-/m1/s1. The van der Waals surface area contributed by atoms with Gasteiger partial charge >= 0.3 is 0 Å². The first-order chi connectivity index (χ1) is 9.20. The Morgan fingerprint density at radius 1 is 1.37 bits per heavy atom. The average Bonchev–Trinajstić information content (AvgIpc) is 2.38. The third kappa shape index (κ3) is 1.82. The van der Waals surface area contributed by atoms with Gasteiger partial charge in [-0.3, -0.25) is 4.79 Å². The van der Waals surface area contributed by atoms with Gasteiger partial charge in [0.1, 0.15) is 5.75 Å². The molecular formula is C15H19NO3. The Morgan fingerprint density at radius 2 is 2.05 bits per heavy atom. The quantitative estimate of drug-likeness (QED) is 0.780. The highest BCUT2D eigenvalue weighted by Gasteiger charge is 2.54. The second-order valence-corrected chi connectivity index (χ2v) is 5.39. The van der Waals surface area contributed by atoms with Crippen LogP contribution in [0.2, 0.25) is 0 Å². The summed E-state index contributed by atoms with van der Waals surface area (Å²) in [5.74, 6) is 1.01. The molecule has 4 nitrogen and oxygen atoms in total. The molecular weight excluding hydrogens is 242 g/mol. The zero-order valence-corrected chi connectivity index (χ0v) is 11.4. The smallest absolute Gasteiger partial charge is 0.229 e. The molecule has 0 aliphatic carbocycles. The molecule has 0 bridgehead atoms. The number of hydrogen-bond acceptors (Lipinski definition) is 3. The van der Waals surface area contributed by atoms with Gasteiger partial charge in [-0.1, -0.05) is 6.92 Å². The number of rotatable bonds is 4. The lowest BCUT2D eigenvalue weighted by Crippen LogP contribution is -2.66. The molecule has 0 unspecified atom stereocenters. The minimum Gasteiger partial charge on any atom is -0.497 e. The summed E-state index contributed by atoms with van der Waals surface area (Å²) in [7, 11) is 1.64. The van der Waals surface area contributed by atoms with E-state index in [2.05, 4.69) is 6.92 Å². The molecule has 2 saturated heterocycles. The van der Waals surface area contributed by atoms with Gasteiger partial charge in [0.05, 0.1) is 26.4 Å². The zero-order chi connectivity index (χ0) is 13.5. The van der Waals surface area contributed by atoms with Gasteiger partial charge in [0.25, 0.3) is 0 Å². The van der Waals surface area contributed by atoms with E-state index in [0.717, 1.165) is 31.1 Å². The van der Waals surface area contributed by atoms with Crippen molar-refractivity contribution in [3.8, 4) is 5.75 Å². The minimum atomic E-state index is 0.161. The summed E-state index contributed by atoms with van der Waals surface area (Å²) in [5, 5.41) is 0. The summed E-state index contributed by atoms with van der Waals surface area (Å²) in [5.41, 5.74) is 1.12. The van der Waals surface area contributed by atoms with Gasteiger partial charge in [-0.15, -0.1) is 0 Å². The number of ether oxygens (including phenoxy) is 2. The van der Waals surface area contributed by atoms with Crippen LogP contribution in [0.15, 0.2) is 24.3 Å². The number of amides is 1. The highest BCUT2D eigenvalue weighted by molar-refractivity contribution is 6.01. The van der Waals surface area contributed by atoms with Gasteiger partial charge in [-0.05, 0) is 30.7 Å². The first-order valence-electron chi connectivity index (χ1n) is 6.74. The van der Waals surface area contributed by atoms with Gasteiger partial charge in [0, 0.05) is 17.5 Å². The lowest BCUT2D eigenvalue weighted by molar-refractivity contribution is -0.153. The maximum atomic E-state index is 12.0. The van der Waals surface area contributed by atoms with Crippen molar-refractivity contribution in [1.29, 1.82) is 0 Å². The van der Waals surface area contributed by atoms with E-state index in [1.807, 2.05) is 29.2 Å². The van der Waals surface area contributed by atoms with E-state index in [1.165, 1.54) is 0 Å². The topological polar surface area (TPSA) is 38.8 Å². The van der Waals surface area contributed by atoms with E-state index in [4.69, 9.17) is 9.47 Å². The molecule has 2 aliphatic heterocycles. The van der Waals surface area contributed by atoms with E-state index >= 15 is 0 Å². The number of anilines is 1. The highest BCUT2D eigenvalue weighted by Crippen LogP contribution is 2.45. The van der Waals surface area contributed by atoms with Gasteiger partial charge in [-0.25, -0.2) is 0 Å². The van der Waals surface area contributed by atoms with Crippen molar-refractivity contribution in [3.05, 3.63) is 24.3 Å². The van der Waals surface area contributed by atoms with Crippen LogP contribution in [-0.4, -0.2) is 32.3 Å². The van der Waals surface area contributed by atoms with Gasteiger partial charge in [0.2, 0.25) is 5.91 Å². The van der Waals surface area contributed by atoms with E-state index < -0.39 is 0 Å². The molecule has 0 radical (unpaired) electrons. The number of methoxy groups -OCH3 is 1. The van der Waals surface area contributed by atoms with E-state index in [0.29, 0.717) is 6.42 Å². The number of carbonyl (C=O) groups is 1. The van der Waals surface area contributed by atoms with Crippen LogP contribution < -0.4 is 9.64 Å². The average molecular weight is 261 g/mol. The first-order valence-corrected chi connectivity index (χ1v) is 6.74. The fourth-order valence-corrected chi connectivity index (χ4v) is 2.97. The molecule has 19 heavy (non-hydrogen) atoms. The second-order valence-electron chi connectivity index (χ2n) is 5.39. The van der Waals surface area contributed by atoms with E-state index in [9.17, 15) is 4.79 Å². The number of carbonyl (C=O) groups excluding carboxylic acids is 1. The third-order valence-corrected chi connectivity index (χ3v) is 4.49. The largest absolute Gasteiger partial charge is 0.497 e. The highest BCUT2D eigenvalue weighted by atomic mass is 16.5. The summed E-state index contributed by atoms with van der Waals surface area (Å²) in [4.78, 5) is 13.9. The Labute approximate surface area is 113 Å². The summed E-state index contributed by atoms with van der Waals surface area (Å²) in [6.07, 6.45) is 1.70. The number of benzene rings is 1. The molecule has 4 heteroatoms. The predicted molar refractivity (Wildman–Crippen MR) is 72.4 cm³/mol. The van der Waals surface area contributed by atoms with Crippen molar-refractivity contribution >= 4 is 11.6 Å². The lowest BCUT2D eigenvalue weighted by Gasteiger charge is -2.55. The Hall–Kier alpha value is -1.55. The van der Waals surface area contributed by atoms with E-state index in [-0.39, 0.29) is 17.4 Å². The monoisotopic (exact) mass is 261 g/mol. The normalized spacial score (nSPS) is 24.6. The van der Waals surface area contributed by atoms with Crippen LogP contribution in [-0.2, 0) is 9.53 Å². The molecule has 1 aromatic carbocycles. The van der Waals surface area contributed by atoms with E-state index in [1.54, 1.807) is 7.11 Å². The maximum absolute atomic E-state index is 12.0. The van der Waals surface area contributed by atoms with Crippen LogP contribution >= 0.6 is 0 Å². The Balaban J connectivity index is 1.83. The van der Waals surface area contributed by atoms with Crippen LogP contribution in [0.1, 0.15) is 19.8 Å². The fourth-order valence-electron chi connectivity index (χ4n) is 2.97. The van der Waals surface area contributed by atoms with Crippen LogP contribution in [0.4, 0.5) is 5.69 Å². The van der Waals surface area contributed by atoms with Gasteiger partial charge in [-0.2, -0.15) is 0 Å². The number of nitrogens with zero attached hydrogens (tertiary/aromatic N) is 1. The zero-order valence-electron chi connectivity index (χ0n) is 11.4. The van der Waals surface area contributed by atoms with Crippen LogP contribution in [0.5, 0.6) is 5.75 Å². The molecule has 2 aliphatic rings. The molecule has 0 spiro atoms. The molecule has 1 atom stereocenters. The summed E-state index contributed by atoms with van der Waals surface area (Å²) < 4.78 is 10.5. The fraction of sp³-hybridized carbons (Fsp3) is 0.533.